The Hall–Kier alpha value is -3.35. The van der Waals surface area contributed by atoms with E-state index in [-0.39, 0.29) is 23.7 Å². The molecule has 0 radical (unpaired) electrons. The van der Waals surface area contributed by atoms with E-state index in [1.54, 1.807) is 38.6 Å². The van der Waals surface area contributed by atoms with Crippen LogP contribution < -0.4 is 20.1 Å². The number of fused-ring (bicyclic) bond motifs is 2. The number of ether oxygens (including phenoxy) is 2. The first-order valence-corrected chi connectivity index (χ1v) is 9.99. The topological polar surface area (TPSA) is 89.5 Å². The quantitative estimate of drug-likeness (QED) is 0.689. The van der Waals surface area contributed by atoms with E-state index in [0.29, 0.717) is 23.7 Å². The van der Waals surface area contributed by atoms with Gasteiger partial charge in [-0.15, -0.1) is 0 Å². The van der Waals surface area contributed by atoms with Crippen molar-refractivity contribution < 1.29 is 19.1 Å². The summed E-state index contributed by atoms with van der Waals surface area (Å²) in [5.74, 6) is 0.185. The van der Waals surface area contributed by atoms with Crippen LogP contribution in [0.25, 0.3) is 0 Å². The summed E-state index contributed by atoms with van der Waals surface area (Å²) in [5.41, 5.74) is 1.34. The SMILES string of the molecule is COc1ccc(NC(=O)[C@H]2[C@@H](C(=O)NCc3ccccn3)[C@H]3C=C[C@@H]2C3)c(OC)c1. The van der Waals surface area contributed by atoms with Crippen molar-refractivity contribution in [3.05, 3.63) is 60.4 Å². The molecule has 156 valence electrons. The van der Waals surface area contributed by atoms with Crippen molar-refractivity contribution in [2.24, 2.45) is 23.7 Å². The number of pyridine rings is 1. The summed E-state index contributed by atoms with van der Waals surface area (Å²) in [7, 11) is 3.11. The summed E-state index contributed by atoms with van der Waals surface area (Å²) in [5, 5.41) is 5.91. The standard InChI is InChI=1S/C23H25N3O4/c1-29-17-8-9-18(19(12-17)30-2)26-23(28)21-15-7-6-14(11-15)20(21)22(27)25-13-16-5-3-4-10-24-16/h3-10,12,14-15,20-21H,11,13H2,1-2H3,(H,25,27)(H,26,28)/t14-,15+,20-,21+/m0/s1. The van der Waals surface area contributed by atoms with E-state index in [1.807, 2.05) is 18.2 Å². The molecule has 0 saturated heterocycles. The van der Waals surface area contributed by atoms with Gasteiger partial charge in [-0.3, -0.25) is 14.6 Å². The predicted octanol–water partition coefficient (Wildman–Crippen LogP) is 2.79. The van der Waals surface area contributed by atoms with Gasteiger partial charge in [-0.1, -0.05) is 18.2 Å². The zero-order valence-corrected chi connectivity index (χ0v) is 17.0. The maximum atomic E-state index is 13.2. The second kappa shape index (κ2) is 8.57. The maximum absolute atomic E-state index is 13.2. The molecule has 7 heteroatoms. The highest BCUT2D eigenvalue weighted by molar-refractivity contribution is 5.98. The van der Waals surface area contributed by atoms with Gasteiger partial charge in [-0.05, 0) is 42.5 Å². The number of rotatable bonds is 7. The number of anilines is 1. The molecule has 0 spiro atoms. The summed E-state index contributed by atoms with van der Waals surface area (Å²) >= 11 is 0. The molecular formula is C23H25N3O4. The number of nitrogens with one attached hydrogen (secondary N) is 2. The van der Waals surface area contributed by atoms with Crippen LogP contribution >= 0.6 is 0 Å². The number of hydrogen-bond acceptors (Lipinski definition) is 5. The van der Waals surface area contributed by atoms with Gasteiger partial charge < -0.3 is 20.1 Å². The number of benzene rings is 1. The fourth-order valence-electron chi connectivity index (χ4n) is 4.45. The molecular weight excluding hydrogens is 382 g/mol. The van der Waals surface area contributed by atoms with Crippen LogP contribution in [0.2, 0.25) is 0 Å². The van der Waals surface area contributed by atoms with Crippen LogP contribution in [0.1, 0.15) is 12.1 Å². The van der Waals surface area contributed by atoms with Crippen molar-refractivity contribution >= 4 is 17.5 Å². The third-order valence-electron chi connectivity index (χ3n) is 5.90. The van der Waals surface area contributed by atoms with Crippen LogP contribution in [0.4, 0.5) is 5.69 Å². The molecule has 1 saturated carbocycles. The lowest BCUT2D eigenvalue weighted by Crippen LogP contribution is -2.41. The van der Waals surface area contributed by atoms with Gasteiger partial charge >= 0.3 is 0 Å². The Bertz CT molecular complexity index is 960. The van der Waals surface area contributed by atoms with Gasteiger partial charge in [-0.25, -0.2) is 0 Å². The highest BCUT2D eigenvalue weighted by atomic mass is 16.5. The minimum absolute atomic E-state index is 0.0600. The fourth-order valence-corrected chi connectivity index (χ4v) is 4.45. The predicted molar refractivity (Wildman–Crippen MR) is 112 cm³/mol. The van der Waals surface area contributed by atoms with Crippen molar-refractivity contribution in [1.29, 1.82) is 0 Å². The number of aromatic nitrogens is 1. The lowest BCUT2D eigenvalue weighted by atomic mass is 9.81. The highest BCUT2D eigenvalue weighted by Crippen LogP contribution is 2.48. The number of hydrogen-bond donors (Lipinski definition) is 2. The average Bonchev–Trinajstić information content (AvgIpc) is 3.40. The zero-order chi connectivity index (χ0) is 21.1. The van der Waals surface area contributed by atoms with Crippen molar-refractivity contribution in [3.63, 3.8) is 0 Å². The van der Waals surface area contributed by atoms with Gasteiger partial charge in [-0.2, -0.15) is 0 Å². The Kier molecular flexibility index (Phi) is 5.70. The van der Waals surface area contributed by atoms with Gasteiger partial charge in [0, 0.05) is 12.3 Å². The second-order valence-electron chi connectivity index (χ2n) is 7.59. The van der Waals surface area contributed by atoms with E-state index < -0.39 is 11.8 Å². The van der Waals surface area contributed by atoms with E-state index >= 15 is 0 Å². The molecule has 7 nitrogen and oxygen atoms in total. The van der Waals surface area contributed by atoms with Crippen LogP contribution in [0.15, 0.2) is 54.7 Å². The molecule has 2 aromatic rings. The Labute approximate surface area is 175 Å². The molecule has 1 aromatic heterocycles. The first-order chi connectivity index (χ1) is 14.6. The third-order valence-corrected chi connectivity index (χ3v) is 5.90. The summed E-state index contributed by atoms with van der Waals surface area (Å²) in [6, 6.07) is 10.8. The van der Waals surface area contributed by atoms with Crippen LogP contribution in [0, 0.1) is 23.7 Å². The number of nitrogens with zero attached hydrogens (tertiary/aromatic N) is 1. The average molecular weight is 407 g/mol. The van der Waals surface area contributed by atoms with E-state index in [4.69, 9.17) is 9.47 Å². The van der Waals surface area contributed by atoms with Crippen molar-refractivity contribution in [3.8, 4) is 11.5 Å². The molecule has 2 aliphatic rings. The molecule has 4 rings (SSSR count). The van der Waals surface area contributed by atoms with Crippen molar-refractivity contribution in [2.75, 3.05) is 19.5 Å². The van der Waals surface area contributed by atoms with Gasteiger partial charge in [0.15, 0.2) is 0 Å². The molecule has 2 bridgehead atoms. The summed E-state index contributed by atoms with van der Waals surface area (Å²) in [4.78, 5) is 30.4. The molecule has 2 amide bonds. The van der Waals surface area contributed by atoms with Crippen molar-refractivity contribution in [1.82, 2.24) is 10.3 Å². The molecule has 2 N–H and O–H groups in total. The molecule has 2 aliphatic carbocycles. The van der Waals surface area contributed by atoms with Gasteiger partial charge in [0.05, 0.1) is 44.0 Å². The molecule has 30 heavy (non-hydrogen) atoms. The second-order valence-corrected chi connectivity index (χ2v) is 7.59. The summed E-state index contributed by atoms with van der Waals surface area (Å²) in [6.07, 6.45) is 6.63. The molecule has 1 heterocycles. The Balaban J connectivity index is 1.48. The fraction of sp³-hybridized carbons (Fsp3) is 0.348. The maximum Gasteiger partial charge on any atom is 0.229 e. The molecule has 0 aliphatic heterocycles. The molecule has 1 fully saturated rings. The monoisotopic (exact) mass is 407 g/mol. The van der Waals surface area contributed by atoms with Crippen LogP contribution in [-0.2, 0) is 16.1 Å². The van der Waals surface area contributed by atoms with Gasteiger partial charge in [0.25, 0.3) is 0 Å². The largest absolute Gasteiger partial charge is 0.497 e. The summed E-state index contributed by atoms with van der Waals surface area (Å²) in [6.45, 7) is 0.345. The van der Waals surface area contributed by atoms with Crippen LogP contribution in [0.3, 0.4) is 0 Å². The number of carbonyl (C=O) groups excluding carboxylic acids is 2. The minimum atomic E-state index is -0.421. The van der Waals surface area contributed by atoms with E-state index in [1.165, 1.54) is 0 Å². The van der Waals surface area contributed by atoms with Crippen molar-refractivity contribution in [2.45, 2.75) is 13.0 Å². The first kappa shape index (κ1) is 19.9. The number of methoxy groups -OCH3 is 2. The normalized spacial score (nSPS) is 23.8. The van der Waals surface area contributed by atoms with E-state index in [0.717, 1.165) is 12.1 Å². The Morgan fingerprint density at radius 1 is 1.03 bits per heavy atom. The molecule has 4 atom stereocenters. The lowest BCUT2D eigenvalue weighted by molar-refractivity contribution is -0.133. The molecule has 0 unspecified atom stereocenters. The Morgan fingerprint density at radius 2 is 1.80 bits per heavy atom. The first-order valence-electron chi connectivity index (χ1n) is 9.99. The van der Waals surface area contributed by atoms with Crippen LogP contribution in [0.5, 0.6) is 11.5 Å². The van der Waals surface area contributed by atoms with E-state index in [2.05, 4.69) is 27.8 Å². The third kappa shape index (κ3) is 3.87. The van der Waals surface area contributed by atoms with Gasteiger partial charge in [0.2, 0.25) is 11.8 Å². The summed E-state index contributed by atoms with van der Waals surface area (Å²) < 4.78 is 10.6. The molecule has 1 aromatic carbocycles. The number of amides is 2. The zero-order valence-electron chi connectivity index (χ0n) is 17.0. The number of allylic oxidation sites excluding steroid dienone is 2. The highest BCUT2D eigenvalue weighted by Gasteiger charge is 2.51. The van der Waals surface area contributed by atoms with Crippen LogP contribution in [-0.4, -0.2) is 31.0 Å². The van der Waals surface area contributed by atoms with E-state index in [9.17, 15) is 9.59 Å². The number of carbonyl (C=O) groups is 2. The lowest BCUT2D eigenvalue weighted by Gasteiger charge is -2.26. The van der Waals surface area contributed by atoms with Gasteiger partial charge in [0.1, 0.15) is 11.5 Å². The minimum Gasteiger partial charge on any atom is -0.497 e. The smallest absolute Gasteiger partial charge is 0.229 e. The Morgan fingerprint density at radius 3 is 2.47 bits per heavy atom.